The molecule has 1 N–H and O–H groups in total. The van der Waals surface area contributed by atoms with Crippen molar-refractivity contribution in [1.82, 2.24) is 4.31 Å². The molecule has 0 heterocycles. The molecule has 3 aromatic rings. The van der Waals surface area contributed by atoms with Crippen molar-refractivity contribution >= 4 is 21.6 Å². The minimum atomic E-state index is -3.95. The summed E-state index contributed by atoms with van der Waals surface area (Å²) in [4.78, 5) is 12.8. The summed E-state index contributed by atoms with van der Waals surface area (Å²) >= 11 is 0. The van der Waals surface area contributed by atoms with Crippen LogP contribution in [0.1, 0.15) is 25.5 Å². The summed E-state index contributed by atoms with van der Waals surface area (Å²) in [7, 11) is -3.95. The number of amides is 1. The van der Waals surface area contributed by atoms with Gasteiger partial charge in [-0.25, -0.2) is 8.42 Å². The van der Waals surface area contributed by atoms with Gasteiger partial charge in [-0.1, -0.05) is 48.5 Å². The fourth-order valence-corrected chi connectivity index (χ4v) is 4.78. The summed E-state index contributed by atoms with van der Waals surface area (Å²) in [5.74, 6) is 0.175. The van der Waals surface area contributed by atoms with E-state index in [0.29, 0.717) is 18.0 Å². The summed E-state index contributed by atoms with van der Waals surface area (Å²) in [5, 5.41) is 2.76. The first-order valence-corrected chi connectivity index (χ1v) is 11.5. The van der Waals surface area contributed by atoms with Gasteiger partial charge >= 0.3 is 0 Å². The molecule has 0 saturated heterocycles. The number of carbonyl (C=O) groups is 1. The Bertz CT molecular complexity index is 1090. The Morgan fingerprint density at radius 1 is 0.935 bits per heavy atom. The maximum absolute atomic E-state index is 13.5. The van der Waals surface area contributed by atoms with E-state index in [4.69, 9.17) is 4.74 Å². The minimum absolute atomic E-state index is 0.103. The van der Waals surface area contributed by atoms with Crippen LogP contribution in [-0.4, -0.2) is 31.8 Å². The van der Waals surface area contributed by atoms with Crippen molar-refractivity contribution in [2.75, 3.05) is 18.5 Å². The van der Waals surface area contributed by atoms with Crippen molar-refractivity contribution in [3.8, 4) is 5.75 Å². The molecule has 0 saturated carbocycles. The molecule has 0 aliphatic carbocycles. The number of rotatable bonds is 9. The van der Waals surface area contributed by atoms with Crippen LogP contribution in [0.25, 0.3) is 0 Å². The second-order valence-electron chi connectivity index (χ2n) is 6.96. The number of nitrogens with one attached hydrogen (secondary N) is 1. The van der Waals surface area contributed by atoms with Crippen LogP contribution in [0, 0.1) is 0 Å². The zero-order valence-corrected chi connectivity index (χ0v) is 18.4. The number of carbonyl (C=O) groups excluding carboxylic acids is 1. The van der Waals surface area contributed by atoms with Gasteiger partial charge in [0.05, 0.1) is 18.0 Å². The maximum atomic E-state index is 13.5. The van der Waals surface area contributed by atoms with Crippen molar-refractivity contribution in [2.24, 2.45) is 0 Å². The van der Waals surface area contributed by atoms with Crippen LogP contribution in [0.4, 0.5) is 5.69 Å². The minimum Gasteiger partial charge on any atom is -0.494 e. The number of nitrogens with zero attached hydrogens (tertiary/aromatic N) is 1. The second-order valence-corrected chi connectivity index (χ2v) is 8.85. The van der Waals surface area contributed by atoms with Crippen LogP contribution in [0.3, 0.4) is 0 Å². The third-order valence-corrected chi connectivity index (χ3v) is 6.74. The Hall–Kier alpha value is -3.16. The van der Waals surface area contributed by atoms with E-state index in [0.717, 1.165) is 5.56 Å². The van der Waals surface area contributed by atoms with Crippen LogP contribution in [0.15, 0.2) is 89.8 Å². The summed E-state index contributed by atoms with van der Waals surface area (Å²) < 4.78 is 33.6. The maximum Gasteiger partial charge on any atom is 0.244 e. The Kier molecular flexibility index (Phi) is 7.44. The fraction of sp³-hybridized carbons (Fsp3) is 0.208. The van der Waals surface area contributed by atoms with Crippen molar-refractivity contribution in [3.05, 3.63) is 90.5 Å². The van der Waals surface area contributed by atoms with Crippen molar-refractivity contribution < 1.29 is 17.9 Å². The lowest BCUT2D eigenvalue weighted by Crippen LogP contribution is -2.39. The molecule has 0 fully saturated rings. The third-order valence-electron chi connectivity index (χ3n) is 4.81. The number of hydrogen-bond acceptors (Lipinski definition) is 4. The highest BCUT2D eigenvalue weighted by Crippen LogP contribution is 2.28. The van der Waals surface area contributed by atoms with Gasteiger partial charge in [-0.15, -0.1) is 0 Å². The Morgan fingerprint density at radius 3 is 2.10 bits per heavy atom. The average Bonchev–Trinajstić information content (AvgIpc) is 2.79. The molecule has 31 heavy (non-hydrogen) atoms. The van der Waals surface area contributed by atoms with Gasteiger partial charge in [0.1, 0.15) is 5.75 Å². The normalized spacial score (nSPS) is 12.4. The summed E-state index contributed by atoms with van der Waals surface area (Å²) in [6.07, 6.45) is 0. The van der Waals surface area contributed by atoms with Crippen LogP contribution in [-0.2, 0) is 14.8 Å². The van der Waals surface area contributed by atoms with E-state index < -0.39 is 22.0 Å². The van der Waals surface area contributed by atoms with Gasteiger partial charge in [0, 0.05) is 11.7 Å². The topological polar surface area (TPSA) is 75.7 Å². The predicted octanol–water partition coefficient (Wildman–Crippen LogP) is 4.48. The molecular formula is C24H26N2O4S. The summed E-state index contributed by atoms with van der Waals surface area (Å²) in [6.45, 7) is 3.81. The van der Waals surface area contributed by atoms with Crippen LogP contribution in [0.5, 0.6) is 5.75 Å². The lowest BCUT2D eigenvalue weighted by Gasteiger charge is -2.28. The molecule has 3 aromatic carbocycles. The first-order valence-electron chi connectivity index (χ1n) is 10.1. The number of anilines is 1. The van der Waals surface area contributed by atoms with E-state index in [1.165, 1.54) is 16.4 Å². The molecule has 0 radical (unpaired) electrons. The van der Waals surface area contributed by atoms with E-state index >= 15 is 0 Å². The van der Waals surface area contributed by atoms with Crippen molar-refractivity contribution in [2.45, 2.75) is 24.8 Å². The molecule has 0 spiro atoms. The van der Waals surface area contributed by atoms with Crippen LogP contribution >= 0.6 is 0 Å². The number of benzene rings is 3. The standard InChI is InChI=1S/C24H26N2O4S/c1-3-30-22-14-16-23(17-15-22)31(28,29)26(19(2)20-10-6-4-7-11-20)18-24(27)25-21-12-8-5-9-13-21/h4-17,19H,3,18H2,1-2H3,(H,25,27)/t19-/m1/s1. The zero-order chi connectivity index (χ0) is 22.3. The van der Waals surface area contributed by atoms with Gasteiger partial charge in [0.15, 0.2) is 0 Å². The van der Waals surface area contributed by atoms with E-state index in [9.17, 15) is 13.2 Å². The molecular weight excluding hydrogens is 412 g/mol. The van der Waals surface area contributed by atoms with Gasteiger partial charge in [-0.2, -0.15) is 4.31 Å². The molecule has 1 amide bonds. The molecule has 6 nitrogen and oxygen atoms in total. The average molecular weight is 439 g/mol. The Balaban J connectivity index is 1.91. The Morgan fingerprint density at radius 2 is 1.52 bits per heavy atom. The van der Waals surface area contributed by atoms with Crippen LogP contribution in [0.2, 0.25) is 0 Å². The fourth-order valence-electron chi connectivity index (χ4n) is 3.20. The van der Waals surface area contributed by atoms with Gasteiger partial charge in [-0.3, -0.25) is 4.79 Å². The highest BCUT2D eigenvalue weighted by molar-refractivity contribution is 7.89. The molecule has 0 unspecified atom stereocenters. The number of hydrogen-bond donors (Lipinski definition) is 1. The molecule has 3 rings (SSSR count). The third kappa shape index (κ3) is 5.71. The highest BCUT2D eigenvalue weighted by atomic mass is 32.2. The van der Waals surface area contributed by atoms with E-state index in [2.05, 4.69) is 5.32 Å². The SMILES string of the molecule is CCOc1ccc(S(=O)(=O)N(CC(=O)Nc2ccccc2)[C@H](C)c2ccccc2)cc1. The summed E-state index contributed by atoms with van der Waals surface area (Å²) in [5.41, 5.74) is 1.41. The zero-order valence-electron chi connectivity index (χ0n) is 17.6. The number of sulfonamides is 1. The van der Waals surface area contributed by atoms with Crippen molar-refractivity contribution in [1.29, 1.82) is 0 Å². The van der Waals surface area contributed by atoms with E-state index in [-0.39, 0.29) is 11.4 Å². The molecule has 7 heteroatoms. The largest absolute Gasteiger partial charge is 0.494 e. The first kappa shape index (κ1) is 22.5. The molecule has 162 valence electrons. The Labute approximate surface area is 183 Å². The highest BCUT2D eigenvalue weighted by Gasteiger charge is 2.32. The van der Waals surface area contributed by atoms with Gasteiger partial charge in [0.25, 0.3) is 0 Å². The first-order chi connectivity index (χ1) is 14.9. The lowest BCUT2D eigenvalue weighted by molar-refractivity contribution is -0.116. The lowest BCUT2D eigenvalue weighted by atomic mass is 10.1. The second kappa shape index (κ2) is 10.2. The van der Waals surface area contributed by atoms with Crippen molar-refractivity contribution in [3.63, 3.8) is 0 Å². The monoisotopic (exact) mass is 438 g/mol. The quantitative estimate of drug-likeness (QED) is 0.535. The summed E-state index contributed by atoms with van der Waals surface area (Å²) in [6, 6.07) is 23.9. The molecule has 0 bridgehead atoms. The number of ether oxygens (including phenoxy) is 1. The molecule has 0 aliphatic rings. The van der Waals surface area contributed by atoms with Crippen LogP contribution < -0.4 is 10.1 Å². The molecule has 0 aliphatic heterocycles. The predicted molar refractivity (Wildman–Crippen MR) is 121 cm³/mol. The number of para-hydroxylation sites is 1. The van der Waals surface area contributed by atoms with E-state index in [1.807, 2.05) is 43.3 Å². The smallest absolute Gasteiger partial charge is 0.244 e. The van der Waals surface area contributed by atoms with Gasteiger partial charge < -0.3 is 10.1 Å². The van der Waals surface area contributed by atoms with Gasteiger partial charge in [0.2, 0.25) is 15.9 Å². The molecule has 1 atom stereocenters. The van der Waals surface area contributed by atoms with Gasteiger partial charge in [-0.05, 0) is 55.8 Å². The van der Waals surface area contributed by atoms with E-state index in [1.54, 1.807) is 43.3 Å². The molecule has 0 aromatic heterocycles.